The fourth-order valence-corrected chi connectivity index (χ4v) is 7.98. The van der Waals surface area contributed by atoms with Gasteiger partial charge in [0.05, 0.1) is 29.0 Å². The molecule has 0 bridgehead atoms. The molecule has 8 nitrogen and oxygen atoms in total. The van der Waals surface area contributed by atoms with Crippen LogP contribution in [0.25, 0.3) is 10.8 Å². The zero-order chi connectivity index (χ0) is 27.4. The summed E-state index contributed by atoms with van der Waals surface area (Å²) in [6, 6.07) is 9.67. The van der Waals surface area contributed by atoms with Crippen LogP contribution in [0.2, 0.25) is 0 Å². The molecule has 6 unspecified atom stereocenters. The summed E-state index contributed by atoms with van der Waals surface area (Å²) >= 11 is 0. The Balaban J connectivity index is 1.79. The van der Waals surface area contributed by atoms with Gasteiger partial charge in [0, 0.05) is 5.39 Å². The lowest BCUT2D eigenvalue weighted by molar-refractivity contribution is -0.124. The maximum Gasteiger partial charge on any atom is 0.239 e. The van der Waals surface area contributed by atoms with Gasteiger partial charge in [-0.2, -0.15) is 0 Å². The largest absolute Gasteiger partial charge is 0.391 e. The van der Waals surface area contributed by atoms with Crippen molar-refractivity contribution >= 4 is 36.5 Å². The highest BCUT2D eigenvalue weighted by Crippen LogP contribution is 2.36. The first-order chi connectivity index (χ1) is 17.3. The van der Waals surface area contributed by atoms with Crippen molar-refractivity contribution in [2.24, 2.45) is 17.8 Å². The molecule has 1 amide bonds. The standard InChI is InChI=1S/C27H40N2O6S2/c1-5-23(25(30)16-21-14-13-18(2)15-19(21)3)28-27(31)24(29-36(4,32)33)17-37(34,35)26-12-8-10-20-9-6-7-11-22(20)26/h6-12,18-19,21,23-25,29-30H,5,13-17H2,1-4H3,(H,28,31). The number of carbonyl (C=O) groups excluding carboxylic acids is 1. The molecule has 0 spiro atoms. The van der Waals surface area contributed by atoms with E-state index in [0.717, 1.165) is 30.9 Å². The van der Waals surface area contributed by atoms with Crippen LogP contribution in [0.1, 0.15) is 52.9 Å². The van der Waals surface area contributed by atoms with Crippen LogP contribution < -0.4 is 10.0 Å². The van der Waals surface area contributed by atoms with Gasteiger partial charge in [-0.25, -0.2) is 21.6 Å². The normalized spacial score (nSPS) is 23.3. The Labute approximate surface area is 221 Å². The van der Waals surface area contributed by atoms with Crippen molar-refractivity contribution in [2.45, 2.75) is 76.0 Å². The lowest BCUT2D eigenvalue weighted by Crippen LogP contribution is -2.54. The maximum absolute atomic E-state index is 13.4. The van der Waals surface area contributed by atoms with E-state index in [-0.39, 0.29) is 4.90 Å². The Hall–Kier alpha value is -2.01. The molecule has 0 aliphatic heterocycles. The SMILES string of the molecule is CCC(NC(=O)C(CS(=O)(=O)c1cccc2ccccc12)NS(C)(=O)=O)C(O)CC1CCC(C)CC1C. The minimum atomic E-state index is -4.05. The topological polar surface area (TPSA) is 130 Å². The van der Waals surface area contributed by atoms with E-state index >= 15 is 0 Å². The third-order valence-electron chi connectivity index (χ3n) is 7.53. The Morgan fingerprint density at radius 1 is 1.05 bits per heavy atom. The zero-order valence-electron chi connectivity index (χ0n) is 22.1. The van der Waals surface area contributed by atoms with Gasteiger partial charge in [0.1, 0.15) is 6.04 Å². The number of hydrogen-bond acceptors (Lipinski definition) is 6. The minimum Gasteiger partial charge on any atom is -0.391 e. The number of aliphatic hydroxyl groups is 1. The van der Waals surface area contributed by atoms with E-state index in [2.05, 4.69) is 23.9 Å². The Kier molecular flexibility index (Phi) is 9.77. The summed E-state index contributed by atoms with van der Waals surface area (Å²) in [5, 5.41) is 14.9. The second-order valence-corrected chi connectivity index (χ2v) is 14.5. The van der Waals surface area contributed by atoms with Gasteiger partial charge < -0.3 is 10.4 Å². The fraction of sp³-hybridized carbons (Fsp3) is 0.593. The molecule has 3 rings (SSSR count). The molecule has 2 aromatic rings. The lowest BCUT2D eigenvalue weighted by atomic mass is 9.73. The molecule has 1 fully saturated rings. The summed E-state index contributed by atoms with van der Waals surface area (Å²) in [7, 11) is -7.95. The predicted octanol–water partition coefficient (Wildman–Crippen LogP) is 3.25. The van der Waals surface area contributed by atoms with E-state index in [1.54, 1.807) is 36.4 Å². The number of aliphatic hydroxyl groups excluding tert-OH is 1. The summed E-state index contributed by atoms with van der Waals surface area (Å²) in [6.45, 7) is 6.25. The van der Waals surface area contributed by atoms with Gasteiger partial charge in [-0.1, -0.05) is 63.6 Å². The average Bonchev–Trinajstić information content (AvgIpc) is 2.82. The third kappa shape index (κ3) is 7.99. The molecule has 0 saturated heterocycles. The molecule has 206 valence electrons. The first kappa shape index (κ1) is 29.5. The van der Waals surface area contributed by atoms with Crippen molar-refractivity contribution in [1.82, 2.24) is 10.0 Å². The molecular formula is C27H40N2O6S2. The van der Waals surface area contributed by atoms with Crippen molar-refractivity contribution in [3.05, 3.63) is 42.5 Å². The second-order valence-electron chi connectivity index (χ2n) is 10.7. The van der Waals surface area contributed by atoms with Crippen LogP contribution in [0, 0.1) is 17.8 Å². The lowest BCUT2D eigenvalue weighted by Gasteiger charge is -2.35. The first-order valence-corrected chi connectivity index (χ1v) is 16.5. The summed E-state index contributed by atoms with van der Waals surface area (Å²) in [5.41, 5.74) is 0. The quantitative estimate of drug-likeness (QED) is 0.392. The van der Waals surface area contributed by atoms with E-state index < -0.39 is 49.7 Å². The van der Waals surface area contributed by atoms with Crippen LogP contribution in [0.15, 0.2) is 47.4 Å². The molecule has 37 heavy (non-hydrogen) atoms. The zero-order valence-corrected chi connectivity index (χ0v) is 23.7. The van der Waals surface area contributed by atoms with E-state index in [1.807, 2.05) is 6.92 Å². The summed E-state index contributed by atoms with van der Waals surface area (Å²) in [5.74, 6) is -0.0442. The number of amides is 1. The summed E-state index contributed by atoms with van der Waals surface area (Å²) in [4.78, 5) is 13.3. The van der Waals surface area contributed by atoms with Crippen molar-refractivity contribution < 1.29 is 26.7 Å². The van der Waals surface area contributed by atoms with Crippen molar-refractivity contribution in [3.63, 3.8) is 0 Å². The van der Waals surface area contributed by atoms with Crippen LogP contribution in [-0.4, -0.2) is 58.0 Å². The van der Waals surface area contributed by atoms with Gasteiger partial charge in [0.2, 0.25) is 15.9 Å². The summed E-state index contributed by atoms with van der Waals surface area (Å²) < 4.78 is 53.1. The highest BCUT2D eigenvalue weighted by Gasteiger charge is 2.34. The number of carbonyl (C=O) groups is 1. The molecule has 1 saturated carbocycles. The second kappa shape index (κ2) is 12.2. The predicted molar refractivity (Wildman–Crippen MR) is 146 cm³/mol. The number of hydrogen-bond donors (Lipinski definition) is 3. The van der Waals surface area contributed by atoms with Gasteiger partial charge in [-0.3, -0.25) is 4.79 Å². The molecule has 0 heterocycles. The van der Waals surface area contributed by atoms with Crippen LogP contribution >= 0.6 is 0 Å². The van der Waals surface area contributed by atoms with Crippen LogP contribution in [0.3, 0.4) is 0 Å². The summed E-state index contributed by atoms with van der Waals surface area (Å²) in [6.07, 6.45) is 4.26. The highest BCUT2D eigenvalue weighted by molar-refractivity contribution is 7.92. The number of sulfonamides is 1. The average molecular weight is 553 g/mol. The van der Waals surface area contributed by atoms with E-state index in [1.165, 1.54) is 6.07 Å². The van der Waals surface area contributed by atoms with Gasteiger partial charge >= 0.3 is 0 Å². The van der Waals surface area contributed by atoms with Gasteiger partial charge in [-0.05, 0) is 54.9 Å². The Bertz CT molecular complexity index is 1290. The molecule has 10 heteroatoms. The number of fused-ring (bicyclic) bond motifs is 1. The first-order valence-electron chi connectivity index (χ1n) is 13.0. The van der Waals surface area contributed by atoms with E-state index in [0.29, 0.717) is 36.0 Å². The monoisotopic (exact) mass is 552 g/mol. The molecule has 2 aromatic carbocycles. The molecule has 1 aliphatic carbocycles. The number of sulfone groups is 1. The van der Waals surface area contributed by atoms with Gasteiger partial charge in [0.15, 0.2) is 9.84 Å². The highest BCUT2D eigenvalue weighted by atomic mass is 32.2. The van der Waals surface area contributed by atoms with Crippen LogP contribution in [-0.2, 0) is 24.7 Å². The number of nitrogens with one attached hydrogen (secondary N) is 2. The Morgan fingerprint density at radius 2 is 1.73 bits per heavy atom. The molecule has 1 aliphatic rings. The Morgan fingerprint density at radius 3 is 2.38 bits per heavy atom. The third-order valence-corrected chi connectivity index (χ3v) is 10.0. The van der Waals surface area contributed by atoms with Crippen molar-refractivity contribution in [3.8, 4) is 0 Å². The molecule has 3 N–H and O–H groups in total. The number of rotatable bonds is 11. The van der Waals surface area contributed by atoms with Crippen LogP contribution in [0.5, 0.6) is 0 Å². The van der Waals surface area contributed by atoms with E-state index in [9.17, 15) is 26.7 Å². The maximum atomic E-state index is 13.4. The minimum absolute atomic E-state index is 0.0336. The smallest absolute Gasteiger partial charge is 0.239 e. The van der Waals surface area contributed by atoms with Crippen molar-refractivity contribution in [1.29, 1.82) is 0 Å². The van der Waals surface area contributed by atoms with Gasteiger partial charge in [-0.15, -0.1) is 0 Å². The fourth-order valence-electron chi connectivity index (χ4n) is 5.50. The molecule has 0 aromatic heterocycles. The molecular weight excluding hydrogens is 512 g/mol. The van der Waals surface area contributed by atoms with Gasteiger partial charge in [0.25, 0.3) is 0 Å². The van der Waals surface area contributed by atoms with Crippen LogP contribution in [0.4, 0.5) is 0 Å². The number of benzene rings is 2. The van der Waals surface area contributed by atoms with Crippen molar-refractivity contribution in [2.75, 3.05) is 12.0 Å². The van der Waals surface area contributed by atoms with E-state index in [4.69, 9.17) is 0 Å². The molecule has 6 atom stereocenters. The molecule has 0 radical (unpaired) electrons.